The maximum Gasteiger partial charge on any atom is 0.302 e. The second-order valence-electron chi connectivity index (χ2n) is 4.80. The maximum atomic E-state index is 10.7. The Morgan fingerprint density at radius 3 is 2.43 bits per heavy atom. The number of rotatable bonds is 3. The fourth-order valence-electron chi connectivity index (χ4n) is 2.24. The minimum absolute atomic E-state index is 0.152. The molecule has 0 aromatic heterocycles. The molecule has 0 saturated heterocycles. The summed E-state index contributed by atoms with van der Waals surface area (Å²) >= 11 is 0. The summed E-state index contributed by atoms with van der Waals surface area (Å²) in [6.07, 6.45) is 5.30. The topological polar surface area (TPSA) is 26.3 Å². The molecule has 1 unspecified atom stereocenters. The van der Waals surface area contributed by atoms with Crippen molar-refractivity contribution < 1.29 is 9.53 Å². The van der Waals surface area contributed by atoms with E-state index >= 15 is 0 Å². The van der Waals surface area contributed by atoms with E-state index < -0.39 is 0 Å². The van der Waals surface area contributed by atoms with E-state index in [1.807, 2.05) is 0 Å². The van der Waals surface area contributed by atoms with E-state index in [1.165, 1.54) is 32.6 Å². The molecule has 2 nitrogen and oxygen atoms in total. The highest BCUT2D eigenvalue weighted by atomic mass is 16.5. The molecule has 1 atom stereocenters. The largest absolute Gasteiger partial charge is 0.466 e. The predicted molar refractivity (Wildman–Crippen MR) is 56.9 cm³/mol. The van der Waals surface area contributed by atoms with E-state index in [0.717, 1.165) is 11.8 Å². The monoisotopic (exact) mass is 198 g/mol. The summed E-state index contributed by atoms with van der Waals surface area (Å²) in [5.74, 6) is 2.05. The zero-order valence-corrected chi connectivity index (χ0v) is 9.58. The second kappa shape index (κ2) is 5.38. The van der Waals surface area contributed by atoms with Gasteiger partial charge in [0.25, 0.3) is 0 Å². The molecule has 0 radical (unpaired) electrons. The van der Waals surface area contributed by atoms with Crippen LogP contribution in [0.1, 0.15) is 46.5 Å². The molecule has 0 aliphatic heterocycles. The number of carbonyl (C=O) groups is 1. The third-order valence-electron chi connectivity index (χ3n) is 3.41. The van der Waals surface area contributed by atoms with Gasteiger partial charge in [-0.05, 0) is 30.6 Å². The third-order valence-corrected chi connectivity index (χ3v) is 3.41. The molecule has 0 heterocycles. The Morgan fingerprint density at radius 1 is 1.36 bits per heavy atom. The molecule has 0 aromatic rings. The first-order valence-electron chi connectivity index (χ1n) is 5.73. The molecule has 1 fully saturated rings. The van der Waals surface area contributed by atoms with Crippen molar-refractivity contribution in [1.82, 2.24) is 0 Å². The SMILES string of the molecule is CC(=O)OCC(C)C1CCC(C)CC1. The average molecular weight is 198 g/mol. The maximum absolute atomic E-state index is 10.7. The summed E-state index contributed by atoms with van der Waals surface area (Å²) in [6.45, 7) is 6.61. The van der Waals surface area contributed by atoms with Crippen molar-refractivity contribution in [3.05, 3.63) is 0 Å². The number of hydrogen-bond acceptors (Lipinski definition) is 2. The van der Waals surface area contributed by atoms with Crippen LogP contribution in [-0.4, -0.2) is 12.6 Å². The van der Waals surface area contributed by atoms with Gasteiger partial charge in [-0.25, -0.2) is 0 Å². The molecule has 1 saturated carbocycles. The number of esters is 1. The Bertz CT molecular complexity index is 181. The number of hydrogen-bond donors (Lipinski definition) is 0. The van der Waals surface area contributed by atoms with Gasteiger partial charge in [0.2, 0.25) is 0 Å². The van der Waals surface area contributed by atoms with Crippen LogP contribution in [0.25, 0.3) is 0 Å². The Hall–Kier alpha value is -0.530. The van der Waals surface area contributed by atoms with Crippen molar-refractivity contribution in [2.45, 2.75) is 46.5 Å². The molecule has 0 N–H and O–H groups in total. The van der Waals surface area contributed by atoms with Crippen LogP contribution in [0.2, 0.25) is 0 Å². The lowest BCUT2D eigenvalue weighted by atomic mass is 9.77. The number of carbonyl (C=O) groups excluding carboxylic acids is 1. The second-order valence-corrected chi connectivity index (χ2v) is 4.80. The zero-order valence-electron chi connectivity index (χ0n) is 9.58. The molecule has 0 amide bonds. The van der Waals surface area contributed by atoms with Gasteiger partial charge in [0.05, 0.1) is 6.61 Å². The lowest BCUT2D eigenvalue weighted by Crippen LogP contribution is -2.23. The first-order valence-corrected chi connectivity index (χ1v) is 5.73. The van der Waals surface area contributed by atoms with Gasteiger partial charge in [0, 0.05) is 6.92 Å². The highest BCUT2D eigenvalue weighted by Crippen LogP contribution is 2.33. The summed E-state index contributed by atoms with van der Waals surface area (Å²) in [6, 6.07) is 0. The highest BCUT2D eigenvalue weighted by Gasteiger charge is 2.23. The van der Waals surface area contributed by atoms with Crippen molar-refractivity contribution in [2.24, 2.45) is 17.8 Å². The van der Waals surface area contributed by atoms with Crippen LogP contribution in [0.5, 0.6) is 0 Å². The molecule has 0 aromatic carbocycles. The van der Waals surface area contributed by atoms with Crippen molar-refractivity contribution >= 4 is 5.97 Å². The molecule has 0 spiro atoms. The van der Waals surface area contributed by atoms with E-state index in [0.29, 0.717) is 12.5 Å². The third kappa shape index (κ3) is 3.69. The van der Waals surface area contributed by atoms with E-state index in [2.05, 4.69) is 13.8 Å². The van der Waals surface area contributed by atoms with Gasteiger partial charge < -0.3 is 4.74 Å². The van der Waals surface area contributed by atoms with Crippen LogP contribution in [-0.2, 0) is 9.53 Å². The summed E-state index contributed by atoms with van der Waals surface area (Å²) in [5, 5.41) is 0. The highest BCUT2D eigenvalue weighted by molar-refractivity contribution is 5.65. The molecule has 1 rings (SSSR count). The zero-order chi connectivity index (χ0) is 10.6. The van der Waals surface area contributed by atoms with Gasteiger partial charge in [-0.2, -0.15) is 0 Å². The minimum Gasteiger partial charge on any atom is -0.466 e. The summed E-state index contributed by atoms with van der Waals surface area (Å²) in [4.78, 5) is 10.7. The smallest absolute Gasteiger partial charge is 0.302 e. The lowest BCUT2D eigenvalue weighted by Gasteiger charge is -2.30. The van der Waals surface area contributed by atoms with Crippen molar-refractivity contribution in [3.63, 3.8) is 0 Å². The molecule has 0 bridgehead atoms. The van der Waals surface area contributed by atoms with Gasteiger partial charge in [0.1, 0.15) is 0 Å². The van der Waals surface area contributed by atoms with Crippen LogP contribution in [0.15, 0.2) is 0 Å². The molecule has 14 heavy (non-hydrogen) atoms. The van der Waals surface area contributed by atoms with E-state index in [-0.39, 0.29) is 5.97 Å². The Kier molecular flexibility index (Phi) is 4.43. The van der Waals surface area contributed by atoms with Crippen LogP contribution in [0.3, 0.4) is 0 Å². The number of ether oxygens (including phenoxy) is 1. The van der Waals surface area contributed by atoms with Crippen molar-refractivity contribution in [3.8, 4) is 0 Å². The quantitative estimate of drug-likeness (QED) is 0.652. The van der Waals surface area contributed by atoms with E-state index in [4.69, 9.17) is 4.74 Å². The Morgan fingerprint density at radius 2 is 1.93 bits per heavy atom. The first-order chi connectivity index (χ1) is 6.59. The van der Waals surface area contributed by atoms with Gasteiger partial charge in [0.15, 0.2) is 0 Å². The molecule has 1 aliphatic rings. The van der Waals surface area contributed by atoms with Crippen LogP contribution in [0, 0.1) is 17.8 Å². The van der Waals surface area contributed by atoms with Crippen molar-refractivity contribution in [1.29, 1.82) is 0 Å². The van der Waals surface area contributed by atoms with Gasteiger partial charge in [-0.3, -0.25) is 4.79 Å². The van der Waals surface area contributed by atoms with Crippen molar-refractivity contribution in [2.75, 3.05) is 6.61 Å². The van der Waals surface area contributed by atoms with Gasteiger partial charge in [-0.15, -0.1) is 0 Å². The Labute approximate surface area is 87.0 Å². The van der Waals surface area contributed by atoms with Gasteiger partial charge in [-0.1, -0.05) is 26.7 Å². The standard InChI is InChI=1S/C12H22O2/c1-9-4-6-12(7-5-9)10(2)8-14-11(3)13/h9-10,12H,4-8H2,1-3H3. The minimum atomic E-state index is -0.152. The summed E-state index contributed by atoms with van der Waals surface area (Å²) in [7, 11) is 0. The van der Waals surface area contributed by atoms with Crippen LogP contribution < -0.4 is 0 Å². The predicted octanol–water partition coefficient (Wildman–Crippen LogP) is 3.01. The average Bonchev–Trinajstić information content (AvgIpc) is 2.15. The summed E-state index contributed by atoms with van der Waals surface area (Å²) < 4.78 is 5.04. The Balaban J connectivity index is 2.23. The first kappa shape index (κ1) is 11.5. The molecule has 82 valence electrons. The fraction of sp³-hybridized carbons (Fsp3) is 0.917. The lowest BCUT2D eigenvalue weighted by molar-refractivity contribution is -0.142. The molecular weight excluding hydrogens is 176 g/mol. The molecule has 1 aliphatic carbocycles. The molecule has 2 heteroatoms. The van der Waals surface area contributed by atoms with E-state index in [9.17, 15) is 4.79 Å². The summed E-state index contributed by atoms with van der Waals surface area (Å²) in [5.41, 5.74) is 0. The van der Waals surface area contributed by atoms with E-state index in [1.54, 1.807) is 0 Å². The fourth-order valence-corrected chi connectivity index (χ4v) is 2.24. The van der Waals surface area contributed by atoms with Crippen LogP contribution >= 0.6 is 0 Å². The van der Waals surface area contributed by atoms with Gasteiger partial charge >= 0.3 is 5.97 Å². The molecular formula is C12H22O2. The normalized spacial score (nSPS) is 29.6. The van der Waals surface area contributed by atoms with Crippen LogP contribution in [0.4, 0.5) is 0 Å².